The monoisotopic (exact) mass is 528 g/mol. The minimum absolute atomic E-state index is 0.106. The Morgan fingerprint density at radius 1 is 1.00 bits per heavy atom. The van der Waals surface area contributed by atoms with E-state index in [1.165, 1.54) is 5.56 Å². The largest absolute Gasteiger partial charge is 0.506 e. The molecule has 1 amide bonds. The van der Waals surface area contributed by atoms with Crippen molar-refractivity contribution in [2.45, 2.75) is 38.1 Å². The van der Waals surface area contributed by atoms with E-state index in [9.17, 15) is 14.7 Å². The topological polar surface area (TPSA) is 97.5 Å². The first kappa shape index (κ1) is 26.7. The number of hydrogen-bond donors (Lipinski definition) is 4. The van der Waals surface area contributed by atoms with Crippen molar-refractivity contribution < 1.29 is 9.90 Å². The minimum atomic E-state index is -0.157. The Morgan fingerprint density at radius 2 is 1.75 bits per heavy atom. The van der Waals surface area contributed by atoms with Gasteiger partial charge >= 0.3 is 4.87 Å². The molecule has 194 valence electrons. The predicted molar refractivity (Wildman–Crippen MR) is 150 cm³/mol. The van der Waals surface area contributed by atoms with Crippen LogP contribution in [-0.2, 0) is 17.6 Å². The highest BCUT2D eigenvalue weighted by atomic mass is 32.2. The number of nitrogens with one attached hydrogen (secondary N) is 3. The van der Waals surface area contributed by atoms with Gasteiger partial charge in [0.2, 0.25) is 5.91 Å². The number of rotatable bonds is 13. The second kappa shape index (κ2) is 13.8. The first-order valence-electron chi connectivity index (χ1n) is 12.8. The standard InChI is InChI=1S/C27H36N4O3S2/c32-23-7-6-21(26-25(23)30-27(34)36-26)9-14-29-16-17-31(22-11-18-35-19-12-22)24(33)10-15-28-13-8-20-4-2-1-3-5-20/h1-7,22,28-29,32H,8-19H2,(H,30,34). The van der Waals surface area contributed by atoms with E-state index in [0.29, 0.717) is 31.1 Å². The lowest BCUT2D eigenvalue weighted by Gasteiger charge is -2.34. The quantitative estimate of drug-likeness (QED) is 0.254. The number of aromatic amines is 1. The van der Waals surface area contributed by atoms with Crippen molar-refractivity contribution in [3.63, 3.8) is 0 Å². The SMILES string of the molecule is O=C(CCNCCc1ccccc1)N(CCNCCc1ccc(O)c2[nH]c(=O)sc12)C1CCSCC1. The number of benzene rings is 2. The van der Waals surface area contributed by atoms with Crippen LogP contribution in [-0.4, -0.2) is 71.2 Å². The summed E-state index contributed by atoms with van der Waals surface area (Å²) in [5.74, 6) is 2.58. The molecule has 0 unspecified atom stereocenters. The maximum Gasteiger partial charge on any atom is 0.305 e. The van der Waals surface area contributed by atoms with Gasteiger partial charge in [0.15, 0.2) is 0 Å². The van der Waals surface area contributed by atoms with Crippen LogP contribution in [0.25, 0.3) is 10.2 Å². The molecule has 1 fully saturated rings. The zero-order valence-electron chi connectivity index (χ0n) is 20.6. The summed E-state index contributed by atoms with van der Waals surface area (Å²) in [6.45, 7) is 3.77. The molecule has 0 radical (unpaired) electrons. The van der Waals surface area contributed by atoms with Gasteiger partial charge in [-0.1, -0.05) is 47.7 Å². The number of fused-ring (bicyclic) bond motifs is 1. The van der Waals surface area contributed by atoms with Gasteiger partial charge in [-0.25, -0.2) is 0 Å². The van der Waals surface area contributed by atoms with Crippen molar-refractivity contribution in [3.8, 4) is 5.75 Å². The molecule has 4 rings (SSSR count). The number of nitrogens with zero attached hydrogens (tertiary/aromatic N) is 1. The van der Waals surface area contributed by atoms with Gasteiger partial charge in [0.25, 0.3) is 0 Å². The average molecular weight is 529 g/mol. The highest BCUT2D eigenvalue weighted by Crippen LogP contribution is 2.28. The van der Waals surface area contributed by atoms with Crippen molar-refractivity contribution in [1.82, 2.24) is 20.5 Å². The molecule has 4 N–H and O–H groups in total. The molecule has 2 heterocycles. The summed E-state index contributed by atoms with van der Waals surface area (Å²) in [4.78, 5) is 29.5. The van der Waals surface area contributed by atoms with Gasteiger partial charge in [0, 0.05) is 32.1 Å². The van der Waals surface area contributed by atoms with E-state index in [1.807, 2.05) is 23.9 Å². The molecule has 1 aliphatic heterocycles. The van der Waals surface area contributed by atoms with Gasteiger partial charge in [-0.3, -0.25) is 9.59 Å². The average Bonchev–Trinajstić information content (AvgIpc) is 3.30. The lowest BCUT2D eigenvalue weighted by atomic mass is 10.1. The van der Waals surface area contributed by atoms with Crippen LogP contribution in [0.2, 0.25) is 0 Å². The van der Waals surface area contributed by atoms with Gasteiger partial charge < -0.3 is 25.6 Å². The fraction of sp³-hybridized carbons (Fsp3) is 0.481. The number of carbonyl (C=O) groups excluding carboxylic acids is 1. The number of aromatic nitrogens is 1. The molecule has 0 spiro atoms. The summed E-state index contributed by atoms with van der Waals surface area (Å²) in [5.41, 5.74) is 2.87. The molecule has 1 aliphatic rings. The number of carbonyl (C=O) groups is 1. The zero-order chi connectivity index (χ0) is 25.2. The number of aromatic hydroxyl groups is 1. The first-order chi connectivity index (χ1) is 17.6. The van der Waals surface area contributed by atoms with E-state index in [4.69, 9.17) is 0 Å². The molecule has 3 aromatic rings. The summed E-state index contributed by atoms with van der Waals surface area (Å²) in [5, 5.41) is 16.9. The van der Waals surface area contributed by atoms with Crippen LogP contribution >= 0.6 is 23.1 Å². The summed E-state index contributed by atoms with van der Waals surface area (Å²) >= 11 is 3.11. The molecule has 2 aromatic carbocycles. The second-order valence-corrected chi connectivity index (χ2v) is 11.3. The van der Waals surface area contributed by atoms with Crippen molar-refractivity contribution in [1.29, 1.82) is 0 Å². The van der Waals surface area contributed by atoms with Gasteiger partial charge in [-0.15, -0.1) is 0 Å². The molecule has 1 aromatic heterocycles. The highest BCUT2D eigenvalue weighted by molar-refractivity contribution is 7.99. The van der Waals surface area contributed by atoms with Gasteiger partial charge in [0.1, 0.15) is 11.3 Å². The Labute approximate surface area is 220 Å². The third-order valence-corrected chi connectivity index (χ3v) is 8.65. The number of H-pyrrole nitrogens is 1. The van der Waals surface area contributed by atoms with Crippen molar-refractivity contribution in [2.24, 2.45) is 0 Å². The van der Waals surface area contributed by atoms with Crippen molar-refractivity contribution >= 4 is 39.2 Å². The summed E-state index contributed by atoms with van der Waals surface area (Å²) in [7, 11) is 0. The fourth-order valence-electron chi connectivity index (χ4n) is 4.67. The molecular weight excluding hydrogens is 492 g/mol. The van der Waals surface area contributed by atoms with E-state index < -0.39 is 0 Å². The normalized spacial score (nSPS) is 14.3. The van der Waals surface area contributed by atoms with E-state index in [1.54, 1.807) is 6.07 Å². The van der Waals surface area contributed by atoms with Crippen LogP contribution in [0.4, 0.5) is 0 Å². The van der Waals surface area contributed by atoms with Gasteiger partial charge in [0.05, 0.1) is 4.70 Å². The Hall–Kier alpha value is -2.33. The Bertz CT molecular complexity index is 1160. The van der Waals surface area contributed by atoms with Crippen molar-refractivity contribution in [2.75, 3.05) is 44.2 Å². The van der Waals surface area contributed by atoms with Crippen LogP contribution in [0, 0.1) is 0 Å². The highest BCUT2D eigenvalue weighted by Gasteiger charge is 2.24. The molecule has 0 bridgehead atoms. The first-order valence-corrected chi connectivity index (χ1v) is 14.7. The molecule has 9 heteroatoms. The van der Waals surface area contributed by atoms with E-state index >= 15 is 0 Å². The maximum atomic E-state index is 13.1. The molecule has 36 heavy (non-hydrogen) atoms. The van der Waals surface area contributed by atoms with Crippen LogP contribution in [0.1, 0.15) is 30.4 Å². The van der Waals surface area contributed by atoms with Crippen LogP contribution in [0.5, 0.6) is 5.75 Å². The van der Waals surface area contributed by atoms with Gasteiger partial charge in [-0.05, 0) is 67.5 Å². The third-order valence-electron chi connectivity index (χ3n) is 6.64. The summed E-state index contributed by atoms with van der Waals surface area (Å²) < 4.78 is 0.818. The number of thiazole rings is 1. The van der Waals surface area contributed by atoms with E-state index in [2.05, 4.69) is 44.8 Å². The Balaban J connectivity index is 1.22. The predicted octanol–water partition coefficient (Wildman–Crippen LogP) is 3.37. The lowest BCUT2D eigenvalue weighted by molar-refractivity contribution is -0.133. The second-order valence-electron chi connectivity index (χ2n) is 9.13. The summed E-state index contributed by atoms with van der Waals surface area (Å²) in [6.07, 6.45) is 4.38. The van der Waals surface area contributed by atoms with Crippen molar-refractivity contribution in [3.05, 3.63) is 63.3 Å². The van der Waals surface area contributed by atoms with E-state index in [0.717, 1.165) is 78.4 Å². The zero-order valence-corrected chi connectivity index (χ0v) is 22.3. The van der Waals surface area contributed by atoms with Crippen LogP contribution in [0.15, 0.2) is 47.3 Å². The molecule has 0 aliphatic carbocycles. The fourth-order valence-corrected chi connectivity index (χ4v) is 6.65. The summed E-state index contributed by atoms with van der Waals surface area (Å²) in [6, 6.07) is 14.3. The molecule has 7 nitrogen and oxygen atoms in total. The molecule has 1 saturated heterocycles. The van der Waals surface area contributed by atoms with Crippen LogP contribution in [0.3, 0.4) is 0 Å². The third kappa shape index (κ3) is 7.59. The number of amides is 1. The number of hydrogen-bond acceptors (Lipinski definition) is 7. The lowest BCUT2D eigenvalue weighted by Crippen LogP contribution is -2.46. The van der Waals surface area contributed by atoms with Gasteiger partial charge in [-0.2, -0.15) is 11.8 Å². The number of thioether (sulfide) groups is 1. The molecule has 0 atom stereocenters. The number of phenolic OH excluding ortho intramolecular Hbond substituents is 1. The Kier molecular flexibility index (Phi) is 10.3. The van der Waals surface area contributed by atoms with E-state index in [-0.39, 0.29) is 16.5 Å². The van der Waals surface area contributed by atoms with Crippen LogP contribution < -0.4 is 15.5 Å². The Morgan fingerprint density at radius 3 is 2.56 bits per heavy atom. The smallest absolute Gasteiger partial charge is 0.305 e. The molecule has 0 saturated carbocycles. The molecular formula is C27H36N4O3S2. The minimum Gasteiger partial charge on any atom is -0.506 e. The number of phenols is 1. The maximum absolute atomic E-state index is 13.1.